The highest BCUT2D eigenvalue weighted by Gasteiger charge is 2.34. The minimum atomic E-state index is -1.31. The molecule has 32 heteroatoms. The van der Waals surface area contributed by atoms with Crippen molar-refractivity contribution in [1.29, 1.82) is 0 Å². The first-order valence-corrected chi connectivity index (χ1v) is 32.9. The molecule has 2 aliphatic rings. The number of methoxy groups -OCH3 is 1. The number of pyridine rings is 1. The van der Waals surface area contributed by atoms with Crippen LogP contribution in [0.25, 0.3) is 43.4 Å². The van der Waals surface area contributed by atoms with Crippen molar-refractivity contribution in [3.8, 4) is 43.4 Å². The van der Waals surface area contributed by atoms with E-state index >= 15 is 0 Å². The molecule has 1 aliphatic heterocycles. The zero-order chi connectivity index (χ0) is 63.2. The maximum atomic E-state index is 14.4. The Balaban J connectivity index is 1.04. The Hall–Kier alpha value is -8.37. The van der Waals surface area contributed by atoms with Gasteiger partial charge in [0.05, 0.1) is 48.1 Å². The first kappa shape index (κ1) is 63.6. The van der Waals surface area contributed by atoms with Crippen molar-refractivity contribution in [2.75, 3.05) is 32.1 Å². The van der Waals surface area contributed by atoms with Crippen molar-refractivity contribution >= 4 is 121 Å². The number of nitrogens with one attached hydrogen (secondary N) is 6. The molecule has 0 radical (unpaired) electrons. The highest BCUT2D eigenvalue weighted by molar-refractivity contribution is 7.15. The zero-order valence-corrected chi connectivity index (χ0v) is 53.0. The number of aliphatic hydroxyl groups excluding tert-OH is 1. The summed E-state index contributed by atoms with van der Waals surface area (Å²) in [5, 5.41) is 56.7. The van der Waals surface area contributed by atoms with Crippen LogP contribution >= 0.6 is 68.0 Å². The smallest absolute Gasteiger partial charge is 0.323 e. The summed E-state index contributed by atoms with van der Waals surface area (Å²) in [6, 6.07) is 8.05. The second-order valence-corrected chi connectivity index (χ2v) is 26.8. The van der Waals surface area contributed by atoms with Crippen molar-refractivity contribution in [2.24, 2.45) is 11.8 Å². The van der Waals surface area contributed by atoms with Gasteiger partial charge in [-0.3, -0.25) is 38.5 Å². The standard InChI is InChI=1S/C57H58N14O12S6/c1-25(2)41-55-70-44(36(89-55)20-83-5)48(78)59-18-39(73)67-45(46(76)27-9-7-6-8-10-27)54-65-35(23-86-54)52-63-33(21-85-52)43-30(50-64-34(22-84-50)47(77)62-32(17-38(72)58-4)53-69-42(26(3)88-53)49(79)68-41)15-16-31(61-43)51-66-37(24-87-51)71(19-40(74)75)57(82)60-29-13-11-28(12-14-29)56(80)81/h6-10,15-16,21-25,28-29,32,41,45-46,76H,11-14,17-20H2,1-5H3,(H,58,72)(H,59,78)(H,60,82)(H,62,77)(H,67,73)(H,68,79)(H,74,75)(H,80,81)/t28-,29-,32-,41?,45-,46-/m0/s1. The van der Waals surface area contributed by atoms with Crippen molar-refractivity contribution in [2.45, 2.75) is 89.8 Å². The number of carbonyl (C=O) groups is 8. The number of hydrogen-bond acceptors (Lipinski definition) is 23. The number of thiazole rings is 6. The summed E-state index contributed by atoms with van der Waals surface area (Å²) in [4.78, 5) is 143. The molecule has 7 aromatic heterocycles. The van der Waals surface area contributed by atoms with E-state index in [1.807, 2.05) is 13.8 Å². The molecule has 8 heterocycles. The number of hydrogen-bond donors (Lipinski definition) is 9. The number of rotatable bonds is 13. The summed E-state index contributed by atoms with van der Waals surface area (Å²) in [7, 11) is 2.91. The first-order chi connectivity index (χ1) is 42.7. The van der Waals surface area contributed by atoms with E-state index in [1.165, 1.54) is 36.3 Å². The Morgan fingerprint density at radius 2 is 1.39 bits per heavy atom. The normalized spacial score (nSPS) is 18.6. The molecule has 9 N–H and O–H groups in total. The van der Waals surface area contributed by atoms with Gasteiger partial charge in [0.1, 0.15) is 88.7 Å². The minimum absolute atomic E-state index is 0.0156. The van der Waals surface area contributed by atoms with Crippen LogP contribution in [0.5, 0.6) is 0 Å². The van der Waals surface area contributed by atoms with Crippen LogP contribution < -0.4 is 36.8 Å². The van der Waals surface area contributed by atoms with E-state index in [0.29, 0.717) is 88.7 Å². The lowest BCUT2D eigenvalue weighted by atomic mass is 9.86. The second-order valence-electron chi connectivity index (χ2n) is 21.0. The molecule has 10 rings (SSSR count). The van der Waals surface area contributed by atoms with Gasteiger partial charge in [0.15, 0.2) is 0 Å². The fourth-order valence-corrected chi connectivity index (χ4v) is 15.4. The zero-order valence-electron chi connectivity index (χ0n) is 48.1. The predicted molar refractivity (Wildman–Crippen MR) is 334 cm³/mol. The van der Waals surface area contributed by atoms with Crippen LogP contribution in [0.4, 0.5) is 10.6 Å². The quantitative estimate of drug-likeness (QED) is 0.0537. The van der Waals surface area contributed by atoms with Gasteiger partial charge in [-0.15, -0.1) is 68.0 Å². The molecule has 1 saturated carbocycles. The van der Waals surface area contributed by atoms with E-state index in [9.17, 15) is 53.7 Å². The van der Waals surface area contributed by atoms with Gasteiger partial charge < -0.3 is 52.0 Å². The molecule has 89 heavy (non-hydrogen) atoms. The highest BCUT2D eigenvalue weighted by Crippen LogP contribution is 2.40. The fraction of sp³-hybridized carbons (Fsp3) is 0.351. The first-order valence-electron chi connectivity index (χ1n) is 27.7. The van der Waals surface area contributed by atoms with Gasteiger partial charge in [-0.25, -0.2) is 39.7 Å². The number of ether oxygens (including phenoxy) is 1. The van der Waals surface area contributed by atoms with Gasteiger partial charge in [0, 0.05) is 52.2 Å². The molecular weight excluding hydrogens is 1270 g/mol. The summed E-state index contributed by atoms with van der Waals surface area (Å²) in [6.45, 7) is 4.14. The van der Waals surface area contributed by atoms with E-state index in [0.717, 1.165) is 61.6 Å². The number of fused-ring (bicyclic) bond motifs is 14. The summed E-state index contributed by atoms with van der Waals surface area (Å²) < 4.78 is 5.45. The number of carbonyl (C=O) groups excluding carboxylic acids is 6. The summed E-state index contributed by atoms with van der Waals surface area (Å²) >= 11 is 6.86. The molecule has 1 unspecified atom stereocenters. The highest BCUT2D eigenvalue weighted by atomic mass is 32.1. The number of aryl methyl sites for hydroxylation is 1. The lowest BCUT2D eigenvalue weighted by Gasteiger charge is -2.29. The van der Waals surface area contributed by atoms with Crippen molar-refractivity contribution in [1.82, 2.24) is 66.8 Å². The monoisotopic (exact) mass is 1320 g/mol. The lowest BCUT2D eigenvalue weighted by molar-refractivity contribution is -0.143. The van der Waals surface area contributed by atoms with E-state index in [2.05, 4.69) is 46.9 Å². The lowest BCUT2D eigenvalue weighted by Crippen LogP contribution is -2.48. The molecule has 4 atom stereocenters. The SMILES string of the molecule is CNC(=O)C[C@@H]1NC(=O)c2csc(n2)-c2ccc(-c3nc(N(CC(=O)O)C(=O)N[C@H]4CC[C@H](C(=O)O)CC4)cs3)nc2-c2csc(n2)-c2csc(n2)[C@H]([C@@H](O)c2ccccc2)NC(=O)CNC(=O)c2nc(sc2COC)C(C(C)C)NC(=O)c2nc1sc2C. The number of carboxylic acid groups (broad SMARTS) is 2. The van der Waals surface area contributed by atoms with Gasteiger partial charge in [0.25, 0.3) is 17.7 Å². The van der Waals surface area contributed by atoms with Gasteiger partial charge in [-0.05, 0) is 56.2 Å². The van der Waals surface area contributed by atoms with E-state index < -0.39 is 90.7 Å². The minimum Gasteiger partial charge on any atom is -0.481 e. The average molecular weight is 1320 g/mol. The number of aromatic nitrogens is 7. The van der Waals surface area contributed by atoms with Crippen molar-refractivity contribution in [3.05, 3.63) is 111 Å². The number of aliphatic carboxylic acids is 2. The van der Waals surface area contributed by atoms with Gasteiger partial charge in [-0.2, -0.15) is 0 Å². The van der Waals surface area contributed by atoms with Gasteiger partial charge >= 0.3 is 18.0 Å². The third-order valence-electron chi connectivity index (χ3n) is 14.5. The largest absolute Gasteiger partial charge is 0.481 e. The van der Waals surface area contributed by atoms with Crippen LogP contribution in [-0.4, -0.2) is 131 Å². The topological polar surface area (TPSA) is 372 Å². The van der Waals surface area contributed by atoms with Gasteiger partial charge in [0.2, 0.25) is 11.8 Å². The summed E-state index contributed by atoms with van der Waals surface area (Å²) in [6.07, 6.45) is -0.0562. The Labute approximate surface area is 531 Å². The fourth-order valence-electron chi connectivity index (χ4n) is 9.83. The molecular formula is C57H58N14O12S6. The number of benzene rings is 1. The summed E-state index contributed by atoms with van der Waals surface area (Å²) in [5.41, 5.74) is 2.18. The average Bonchev–Trinajstić information content (AvgIpc) is 2.72. The Morgan fingerprint density at radius 1 is 0.697 bits per heavy atom. The molecule has 10 bridgehead atoms. The number of amides is 7. The van der Waals surface area contributed by atoms with E-state index in [4.69, 9.17) is 24.7 Å². The second kappa shape index (κ2) is 28.0. The molecule has 1 fully saturated rings. The molecule has 8 aromatic rings. The number of nitrogens with zero attached hydrogens (tertiary/aromatic N) is 8. The Bertz CT molecular complexity index is 3960. The van der Waals surface area contributed by atoms with E-state index in [1.54, 1.807) is 60.1 Å². The Morgan fingerprint density at radius 3 is 2.11 bits per heavy atom. The van der Waals surface area contributed by atoms with Crippen molar-refractivity contribution in [3.63, 3.8) is 0 Å². The number of carboxylic acids is 2. The third kappa shape index (κ3) is 14.7. The molecule has 1 aliphatic carbocycles. The molecule has 1 aromatic carbocycles. The van der Waals surface area contributed by atoms with Crippen LogP contribution in [0.3, 0.4) is 0 Å². The third-order valence-corrected chi connectivity index (χ3v) is 20.2. The van der Waals surface area contributed by atoms with Crippen LogP contribution in [-0.2, 0) is 30.5 Å². The number of urea groups is 1. The van der Waals surface area contributed by atoms with Crippen LogP contribution in [0, 0.1) is 18.8 Å². The maximum Gasteiger partial charge on any atom is 0.323 e. The van der Waals surface area contributed by atoms with Crippen LogP contribution in [0.2, 0.25) is 0 Å². The van der Waals surface area contributed by atoms with Crippen LogP contribution in [0.1, 0.15) is 132 Å². The van der Waals surface area contributed by atoms with Crippen molar-refractivity contribution < 1.29 is 58.4 Å². The molecule has 0 spiro atoms. The van der Waals surface area contributed by atoms with Gasteiger partial charge in [-0.1, -0.05) is 44.2 Å². The maximum absolute atomic E-state index is 14.4. The molecule has 0 saturated heterocycles. The molecule has 464 valence electrons. The Kier molecular flexibility index (Phi) is 20.0. The van der Waals surface area contributed by atoms with E-state index in [-0.39, 0.29) is 58.6 Å². The van der Waals surface area contributed by atoms with Crippen LogP contribution in [0.15, 0.2) is 64.0 Å². The number of anilines is 1. The summed E-state index contributed by atoms with van der Waals surface area (Å²) in [5.74, 6) is -5.99. The predicted octanol–water partition coefficient (Wildman–Crippen LogP) is 7.56. The molecule has 7 amide bonds. The molecule has 26 nitrogen and oxygen atoms in total. The number of aliphatic hydroxyl groups is 1.